The Hall–Kier alpha value is -0.480. The molecule has 1 saturated heterocycles. The van der Waals surface area contributed by atoms with E-state index in [4.69, 9.17) is 9.84 Å². The summed E-state index contributed by atoms with van der Waals surface area (Å²) in [6.45, 7) is 4.14. The van der Waals surface area contributed by atoms with E-state index >= 15 is 0 Å². The van der Waals surface area contributed by atoms with Gasteiger partial charge in [0.1, 0.15) is 9.77 Å². The largest absolute Gasteiger partial charge is 0.477 e. The summed E-state index contributed by atoms with van der Waals surface area (Å²) in [7, 11) is -3.72. The van der Waals surface area contributed by atoms with Crippen LogP contribution in [0.3, 0.4) is 0 Å². The van der Waals surface area contributed by atoms with Crippen LogP contribution in [0.2, 0.25) is 0 Å². The highest BCUT2D eigenvalue weighted by Gasteiger charge is 2.34. The summed E-state index contributed by atoms with van der Waals surface area (Å²) in [5.74, 6) is -1.14. The number of sulfonamides is 1. The number of ether oxygens (including phenoxy) is 1. The zero-order valence-electron chi connectivity index (χ0n) is 10.9. The summed E-state index contributed by atoms with van der Waals surface area (Å²) >= 11 is 4.03. The average molecular weight is 384 g/mol. The van der Waals surface area contributed by atoms with Gasteiger partial charge >= 0.3 is 5.97 Å². The predicted molar refractivity (Wildman–Crippen MR) is 77.7 cm³/mol. The summed E-state index contributed by atoms with van der Waals surface area (Å²) in [6.07, 6.45) is -0.380. The van der Waals surface area contributed by atoms with E-state index in [1.807, 2.05) is 13.8 Å². The highest BCUT2D eigenvalue weighted by atomic mass is 79.9. The van der Waals surface area contributed by atoms with E-state index in [2.05, 4.69) is 15.9 Å². The van der Waals surface area contributed by atoms with Crippen molar-refractivity contribution < 1.29 is 23.1 Å². The molecule has 112 valence electrons. The average Bonchev–Trinajstić information content (AvgIpc) is 2.71. The van der Waals surface area contributed by atoms with Gasteiger partial charge < -0.3 is 9.84 Å². The van der Waals surface area contributed by atoms with Gasteiger partial charge in [0.25, 0.3) is 0 Å². The van der Waals surface area contributed by atoms with E-state index < -0.39 is 16.0 Å². The predicted octanol–water partition coefficient (Wildman–Crippen LogP) is 2.01. The molecule has 6 nitrogen and oxygen atoms in total. The van der Waals surface area contributed by atoms with E-state index in [-0.39, 0.29) is 35.1 Å². The molecule has 0 bridgehead atoms. The molecule has 0 aromatic carbocycles. The van der Waals surface area contributed by atoms with Crippen LogP contribution in [0.1, 0.15) is 23.5 Å². The first kappa shape index (κ1) is 15.9. The van der Waals surface area contributed by atoms with Gasteiger partial charge in [0, 0.05) is 13.1 Å². The van der Waals surface area contributed by atoms with Gasteiger partial charge in [-0.05, 0) is 35.8 Å². The van der Waals surface area contributed by atoms with Gasteiger partial charge in [-0.3, -0.25) is 0 Å². The van der Waals surface area contributed by atoms with Crippen LogP contribution < -0.4 is 0 Å². The van der Waals surface area contributed by atoms with E-state index in [1.54, 1.807) is 0 Å². The molecule has 1 fully saturated rings. The molecule has 2 heterocycles. The molecule has 1 N–H and O–H groups in total. The van der Waals surface area contributed by atoms with Crippen molar-refractivity contribution in [2.75, 3.05) is 13.1 Å². The number of carboxylic acid groups (broad SMARTS) is 1. The van der Waals surface area contributed by atoms with Gasteiger partial charge in [0.2, 0.25) is 10.0 Å². The third-order valence-electron chi connectivity index (χ3n) is 2.87. The highest BCUT2D eigenvalue weighted by molar-refractivity contribution is 9.11. The first-order valence-electron chi connectivity index (χ1n) is 5.90. The fourth-order valence-corrected chi connectivity index (χ4v) is 6.04. The molecule has 1 aromatic heterocycles. The fourth-order valence-electron chi connectivity index (χ4n) is 2.10. The van der Waals surface area contributed by atoms with E-state index in [0.29, 0.717) is 3.79 Å². The van der Waals surface area contributed by atoms with Crippen LogP contribution in [0.5, 0.6) is 0 Å². The van der Waals surface area contributed by atoms with Crippen LogP contribution in [-0.2, 0) is 14.8 Å². The van der Waals surface area contributed by atoms with Crippen molar-refractivity contribution in [3.8, 4) is 0 Å². The number of carboxylic acids is 1. The van der Waals surface area contributed by atoms with Crippen molar-refractivity contribution in [2.24, 2.45) is 0 Å². The Labute approximate surface area is 129 Å². The summed E-state index contributed by atoms with van der Waals surface area (Å²) in [5.41, 5.74) is 0. The van der Waals surface area contributed by atoms with E-state index in [0.717, 1.165) is 11.3 Å². The number of halogens is 1. The molecule has 2 atom stereocenters. The number of hydrogen-bond donors (Lipinski definition) is 1. The number of morpholine rings is 1. The summed E-state index contributed by atoms with van der Waals surface area (Å²) < 4.78 is 32.3. The molecule has 2 unspecified atom stereocenters. The quantitative estimate of drug-likeness (QED) is 0.862. The van der Waals surface area contributed by atoms with Crippen molar-refractivity contribution >= 4 is 43.3 Å². The minimum atomic E-state index is -3.72. The van der Waals surface area contributed by atoms with Crippen LogP contribution >= 0.6 is 27.3 Å². The summed E-state index contributed by atoms with van der Waals surface area (Å²) in [4.78, 5) is 10.9. The Morgan fingerprint density at radius 1 is 1.45 bits per heavy atom. The molecule has 0 aliphatic carbocycles. The van der Waals surface area contributed by atoms with Crippen molar-refractivity contribution in [1.29, 1.82) is 0 Å². The second-order valence-electron chi connectivity index (χ2n) is 4.63. The number of rotatable bonds is 3. The number of aromatic carboxylic acids is 1. The first-order chi connectivity index (χ1) is 9.21. The lowest BCUT2D eigenvalue weighted by atomic mass is 10.3. The normalized spacial score (nSPS) is 24.8. The van der Waals surface area contributed by atoms with Gasteiger partial charge in [-0.15, -0.1) is 11.3 Å². The second-order valence-corrected chi connectivity index (χ2v) is 8.91. The van der Waals surface area contributed by atoms with Gasteiger partial charge in [-0.25, -0.2) is 13.2 Å². The first-order valence-corrected chi connectivity index (χ1v) is 8.95. The topological polar surface area (TPSA) is 83.9 Å². The minimum Gasteiger partial charge on any atom is -0.477 e. The fraction of sp³-hybridized carbons (Fsp3) is 0.545. The molecule has 0 amide bonds. The van der Waals surface area contributed by atoms with Gasteiger partial charge in [-0.1, -0.05) is 0 Å². The maximum absolute atomic E-state index is 12.6. The van der Waals surface area contributed by atoms with Crippen molar-refractivity contribution in [3.63, 3.8) is 0 Å². The van der Waals surface area contributed by atoms with Crippen LogP contribution in [0, 0.1) is 0 Å². The Morgan fingerprint density at radius 2 is 2.00 bits per heavy atom. The van der Waals surface area contributed by atoms with Crippen molar-refractivity contribution in [2.45, 2.75) is 31.0 Å². The Bertz CT molecular complexity index is 617. The van der Waals surface area contributed by atoms with E-state index in [1.165, 1.54) is 10.4 Å². The molecule has 2 rings (SSSR count). The maximum atomic E-state index is 12.6. The Kier molecular flexibility index (Phi) is 4.55. The molecular weight excluding hydrogens is 370 g/mol. The monoisotopic (exact) mass is 383 g/mol. The molecular formula is C11H14BrNO5S2. The minimum absolute atomic E-state index is 0.00111. The molecule has 1 aromatic rings. The second kappa shape index (κ2) is 5.72. The van der Waals surface area contributed by atoms with Crippen LogP contribution in [-0.4, -0.2) is 49.1 Å². The van der Waals surface area contributed by atoms with Gasteiger partial charge in [-0.2, -0.15) is 4.31 Å². The molecule has 0 radical (unpaired) electrons. The maximum Gasteiger partial charge on any atom is 0.345 e. The van der Waals surface area contributed by atoms with Crippen LogP contribution in [0.15, 0.2) is 14.7 Å². The third-order valence-corrected chi connectivity index (χ3v) is 6.94. The Morgan fingerprint density at radius 3 is 2.45 bits per heavy atom. The molecule has 20 heavy (non-hydrogen) atoms. The zero-order chi connectivity index (χ0) is 15.1. The van der Waals surface area contributed by atoms with Gasteiger partial charge in [0.05, 0.1) is 16.0 Å². The molecule has 0 saturated carbocycles. The standard InChI is InChI=1S/C11H14BrNO5S2/c1-6-4-13(5-7(2)18-6)20(16,17)9-3-8(11(14)15)19-10(9)12/h3,6-7H,4-5H2,1-2H3,(H,14,15). The lowest BCUT2D eigenvalue weighted by molar-refractivity contribution is -0.0440. The Balaban J connectivity index is 2.37. The molecule has 0 spiro atoms. The number of nitrogens with zero attached hydrogens (tertiary/aromatic N) is 1. The molecule has 1 aliphatic heterocycles. The lowest BCUT2D eigenvalue weighted by Crippen LogP contribution is -2.48. The van der Waals surface area contributed by atoms with Crippen molar-refractivity contribution in [1.82, 2.24) is 4.31 Å². The van der Waals surface area contributed by atoms with Crippen LogP contribution in [0.25, 0.3) is 0 Å². The van der Waals surface area contributed by atoms with Crippen LogP contribution in [0.4, 0.5) is 0 Å². The zero-order valence-corrected chi connectivity index (χ0v) is 14.1. The van der Waals surface area contributed by atoms with E-state index in [9.17, 15) is 13.2 Å². The summed E-state index contributed by atoms with van der Waals surface area (Å²) in [6, 6.07) is 1.19. The summed E-state index contributed by atoms with van der Waals surface area (Å²) in [5, 5.41) is 8.94. The molecule has 1 aliphatic rings. The number of carbonyl (C=O) groups is 1. The highest BCUT2D eigenvalue weighted by Crippen LogP contribution is 2.34. The van der Waals surface area contributed by atoms with Gasteiger partial charge in [0.15, 0.2) is 0 Å². The third kappa shape index (κ3) is 3.06. The SMILES string of the molecule is CC1CN(S(=O)(=O)c2cc(C(=O)O)sc2Br)CC(C)O1. The number of hydrogen-bond acceptors (Lipinski definition) is 5. The van der Waals surface area contributed by atoms with Crippen molar-refractivity contribution in [3.05, 3.63) is 14.7 Å². The molecule has 9 heteroatoms. The number of thiophene rings is 1. The lowest BCUT2D eigenvalue weighted by Gasteiger charge is -2.34. The smallest absolute Gasteiger partial charge is 0.345 e.